The van der Waals surface area contributed by atoms with Crippen molar-refractivity contribution in [2.75, 3.05) is 0 Å². The first-order valence-electron chi connectivity index (χ1n) is 3.55. The Hall–Kier alpha value is -1.37. The van der Waals surface area contributed by atoms with E-state index in [-0.39, 0.29) is 0 Å². The second kappa shape index (κ2) is 3.71. The minimum atomic E-state index is 0.879. The maximum Gasteiger partial charge on any atom is 0.0513 e. The van der Waals surface area contributed by atoms with Gasteiger partial charge in [0.1, 0.15) is 0 Å². The number of aliphatic imine (C=N–C) groups is 1. The van der Waals surface area contributed by atoms with Crippen LogP contribution in [0.2, 0.25) is 0 Å². The van der Waals surface area contributed by atoms with Crippen molar-refractivity contribution in [2.24, 2.45) is 4.99 Å². The van der Waals surface area contributed by atoms with Crippen molar-refractivity contribution in [3.63, 3.8) is 0 Å². The lowest BCUT2D eigenvalue weighted by Gasteiger charge is -2.06. The highest BCUT2D eigenvalue weighted by molar-refractivity contribution is 6.04. The summed E-state index contributed by atoms with van der Waals surface area (Å²) in [7, 11) is 0. The summed E-state index contributed by atoms with van der Waals surface area (Å²) in [5.41, 5.74) is 2.13. The van der Waals surface area contributed by atoms with E-state index in [1.54, 1.807) is 6.20 Å². The van der Waals surface area contributed by atoms with Gasteiger partial charge in [-0.2, -0.15) is 0 Å². The van der Waals surface area contributed by atoms with E-state index in [4.69, 9.17) is 0 Å². The summed E-state index contributed by atoms with van der Waals surface area (Å²) in [5, 5.41) is 0. The number of hydrogen-bond donors (Lipinski definition) is 0. The molecule has 0 N–H and O–H groups in total. The Kier molecular flexibility index (Phi) is 2.61. The summed E-state index contributed by atoms with van der Waals surface area (Å²) in [6.45, 7) is 7.25. The Morgan fingerprint density at radius 2 is 2.27 bits per heavy atom. The van der Waals surface area contributed by atoms with Gasteiger partial charge in [0, 0.05) is 12.6 Å². The van der Waals surface area contributed by atoms with Crippen LogP contribution in [-0.4, -0.2) is 5.71 Å². The first-order valence-corrected chi connectivity index (χ1v) is 3.55. The number of hydrogen-bond acceptors (Lipinski definition) is 1. The Balaban J connectivity index is 2.92. The fraction of sp³-hybridized carbons (Fsp3) is 0.100. The van der Waals surface area contributed by atoms with Crippen LogP contribution < -0.4 is 0 Å². The molecule has 0 atom stereocenters. The Labute approximate surface area is 67.2 Å². The van der Waals surface area contributed by atoms with Crippen LogP contribution >= 0.6 is 0 Å². The van der Waals surface area contributed by atoms with Crippen molar-refractivity contribution in [2.45, 2.75) is 6.42 Å². The van der Waals surface area contributed by atoms with E-state index < -0.39 is 0 Å². The Bertz CT molecular complexity index is 254. The second-order valence-corrected chi connectivity index (χ2v) is 2.22. The highest BCUT2D eigenvalue weighted by atomic mass is 14.7. The van der Waals surface area contributed by atoms with E-state index in [0.717, 1.165) is 17.7 Å². The molecule has 0 amide bonds. The molecule has 0 radical (unpaired) electrons. The van der Waals surface area contributed by atoms with Crippen molar-refractivity contribution in [3.8, 4) is 0 Å². The lowest BCUT2D eigenvalue weighted by atomic mass is 10.0. The van der Waals surface area contributed by atoms with Gasteiger partial charge in [0.2, 0.25) is 0 Å². The van der Waals surface area contributed by atoms with E-state index in [9.17, 15) is 0 Å². The van der Waals surface area contributed by atoms with Crippen LogP contribution in [-0.2, 0) is 0 Å². The van der Waals surface area contributed by atoms with E-state index in [1.807, 2.05) is 18.2 Å². The lowest BCUT2D eigenvalue weighted by molar-refractivity contribution is 1.37. The van der Waals surface area contributed by atoms with Crippen molar-refractivity contribution >= 4 is 5.71 Å². The molecule has 0 saturated heterocycles. The number of rotatable bonds is 2. The summed E-state index contributed by atoms with van der Waals surface area (Å²) in [6, 6.07) is 0. The zero-order valence-corrected chi connectivity index (χ0v) is 6.46. The van der Waals surface area contributed by atoms with Gasteiger partial charge in [-0.25, -0.2) is 0 Å². The maximum atomic E-state index is 4.13. The molecule has 1 aliphatic carbocycles. The second-order valence-electron chi connectivity index (χ2n) is 2.22. The average molecular weight is 145 g/mol. The molecule has 1 rings (SSSR count). The van der Waals surface area contributed by atoms with E-state index in [0.29, 0.717) is 0 Å². The van der Waals surface area contributed by atoms with Gasteiger partial charge >= 0.3 is 0 Å². The molecule has 0 bridgehead atoms. The van der Waals surface area contributed by atoms with Crippen LogP contribution in [0.4, 0.5) is 0 Å². The van der Waals surface area contributed by atoms with Crippen LogP contribution in [0.3, 0.4) is 0 Å². The van der Waals surface area contributed by atoms with Gasteiger partial charge in [0.05, 0.1) is 5.71 Å². The number of allylic oxidation sites excluding steroid dienone is 5. The normalized spacial score (nSPS) is 19.6. The Morgan fingerprint density at radius 3 is 2.91 bits per heavy atom. The molecule has 0 fully saturated rings. The lowest BCUT2D eigenvalue weighted by Crippen LogP contribution is -2.01. The van der Waals surface area contributed by atoms with Crippen LogP contribution in [0, 0.1) is 0 Å². The SMILES string of the molecule is C=CN=C1CC=CC=C1C=C. The fourth-order valence-corrected chi connectivity index (χ4v) is 0.989. The highest BCUT2D eigenvalue weighted by Crippen LogP contribution is 2.10. The third kappa shape index (κ3) is 1.77. The Morgan fingerprint density at radius 1 is 1.45 bits per heavy atom. The van der Waals surface area contributed by atoms with Crippen LogP contribution in [0.25, 0.3) is 0 Å². The molecular formula is C10H11N. The van der Waals surface area contributed by atoms with Crippen LogP contribution in [0.15, 0.2) is 54.2 Å². The third-order valence-corrected chi connectivity index (χ3v) is 1.52. The molecule has 0 spiro atoms. The minimum absolute atomic E-state index is 0.879. The summed E-state index contributed by atoms with van der Waals surface area (Å²) in [6.07, 6.45) is 10.3. The first kappa shape index (κ1) is 7.73. The van der Waals surface area contributed by atoms with Crippen LogP contribution in [0.1, 0.15) is 6.42 Å². The highest BCUT2D eigenvalue weighted by Gasteiger charge is 2.02. The molecule has 0 heterocycles. The van der Waals surface area contributed by atoms with E-state index >= 15 is 0 Å². The van der Waals surface area contributed by atoms with Crippen molar-refractivity contribution < 1.29 is 0 Å². The molecule has 0 aromatic heterocycles. The van der Waals surface area contributed by atoms with Crippen molar-refractivity contribution in [1.82, 2.24) is 0 Å². The molecule has 1 aliphatic rings. The molecule has 1 nitrogen and oxygen atoms in total. The molecule has 0 saturated carbocycles. The van der Waals surface area contributed by atoms with Gasteiger partial charge in [0.25, 0.3) is 0 Å². The molecule has 0 unspecified atom stereocenters. The predicted octanol–water partition coefficient (Wildman–Crippen LogP) is 2.64. The molecule has 0 aromatic carbocycles. The molecule has 11 heavy (non-hydrogen) atoms. The number of nitrogens with zero attached hydrogens (tertiary/aromatic N) is 1. The van der Waals surface area contributed by atoms with E-state index in [2.05, 4.69) is 24.2 Å². The van der Waals surface area contributed by atoms with Gasteiger partial charge in [0.15, 0.2) is 0 Å². The van der Waals surface area contributed by atoms with Crippen LogP contribution in [0.5, 0.6) is 0 Å². The third-order valence-electron chi connectivity index (χ3n) is 1.52. The van der Waals surface area contributed by atoms with Gasteiger partial charge in [-0.15, -0.1) is 0 Å². The first-order chi connectivity index (χ1) is 5.38. The minimum Gasteiger partial charge on any atom is -0.261 e. The standard InChI is InChI=1S/C10H11N/c1-3-9-7-5-6-8-10(9)11-4-2/h3-7H,1-2,8H2. The molecule has 0 aromatic rings. The molecule has 56 valence electrons. The van der Waals surface area contributed by atoms with E-state index in [1.165, 1.54) is 0 Å². The summed E-state index contributed by atoms with van der Waals surface area (Å²) >= 11 is 0. The predicted molar refractivity (Wildman–Crippen MR) is 49.7 cm³/mol. The molecular weight excluding hydrogens is 134 g/mol. The van der Waals surface area contributed by atoms with Gasteiger partial charge in [-0.05, 0) is 5.57 Å². The zero-order chi connectivity index (χ0) is 8.10. The largest absolute Gasteiger partial charge is 0.261 e. The quantitative estimate of drug-likeness (QED) is 0.566. The summed E-state index contributed by atoms with van der Waals surface area (Å²) < 4.78 is 0. The van der Waals surface area contributed by atoms with Gasteiger partial charge in [-0.3, -0.25) is 4.99 Å². The fourth-order valence-electron chi connectivity index (χ4n) is 0.989. The van der Waals surface area contributed by atoms with Crippen molar-refractivity contribution in [3.05, 3.63) is 49.2 Å². The maximum absolute atomic E-state index is 4.13. The van der Waals surface area contributed by atoms with Crippen molar-refractivity contribution in [1.29, 1.82) is 0 Å². The topological polar surface area (TPSA) is 12.4 Å². The summed E-state index contributed by atoms with van der Waals surface area (Å²) in [5.74, 6) is 0. The van der Waals surface area contributed by atoms with Gasteiger partial charge < -0.3 is 0 Å². The molecule has 0 aliphatic heterocycles. The average Bonchev–Trinajstić information content (AvgIpc) is 2.06. The zero-order valence-electron chi connectivity index (χ0n) is 6.46. The monoisotopic (exact) mass is 145 g/mol. The summed E-state index contributed by atoms with van der Waals surface area (Å²) in [4.78, 5) is 4.13. The molecule has 1 heteroatoms. The van der Waals surface area contributed by atoms with Gasteiger partial charge in [-0.1, -0.05) is 37.5 Å². The smallest absolute Gasteiger partial charge is 0.0513 e.